The summed E-state index contributed by atoms with van der Waals surface area (Å²) in [5, 5.41) is -0.176. The molecule has 0 saturated carbocycles. The average molecular weight is 300 g/mol. The monoisotopic (exact) mass is 299 g/mol. The van der Waals surface area contributed by atoms with Crippen LogP contribution in [0.15, 0.2) is 42.7 Å². The zero-order chi connectivity index (χ0) is 14.4. The van der Waals surface area contributed by atoms with Crippen molar-refractivity contribution in [1.82, 2.24) is 14.5 Å². The van der Waals surface area contributed by atoms with E-state index >= 15 is 0 Å². The summed E-state index contributed by atoms with van der Waals surface area (Å²) < 4.78 is 7.99. The lowest BCUT2D eigenvalue weighted by Crippen LogP contribution is -2.15. The van der Waals surface area contributed by atoms with Crippen molar-refractivity contribution in [3.05, 3.63) is 54.1 Å². The largest absolute Gasteiger partial charge is 0.491 e. The smallest absolute Gasteiger partial charge is 0.128 e. The van der Waals surface area contributed by atoms with E-state index in [4.69, 9.17) is 16.3 Å². The van der Waals surface area contributed by atoms with Gasteiger partial charge in [-0.1, -0.05) is 18.2 Å². The van der Waals surface area contributed by atoms with E-state index in [-0.39, 0.29) is 11.4 Å². The molecule has 0 radical (unpaired) electrons. The van der Waals surface area contributed by atoms with E-state index in [9.17, 15) is 0 Å². The fourth-order valence-corrected chi connectivity index (χ4v) is 3.09. The summed E-state index contributed by atoms with van der Waals surface area (Å²) >= 11 is 6.34. The van der Waals surface area contributed by atoms with Gasteiger partial charge in [0, 0.05) is 11.8 Å². The molecule has 2 unspecified atom stereocenters. The number of halogens is 1. The van der Waals surface area contributed by atoms with Crippen LogP contribution >= 0.6 is 11.6 Å². The molecule has 2 atom stereocenters. The van der Waals surface area contributed by atoms with Gasteiger partial charge in [-0.15, -0.1) is 11.6 Å². The van der Waals surface area contributed by atoms with Gasteiger partial charge >= 0.3 is 0 Å². The fraction of sp³-hybridized carbons (Fsp3) is 0.250. The number of aromatic nitrogens is 3. The summed E-state index contributed by atoms with van der Waals surface area (Å²) in [5.41, 5.74) is 3.08. The third kappa shape index (κ3) is 1.90. The standard InChI is InChI=1S/C16H14ClN3O/c1-10(17)16-19-12-8-18-7-6-13(12)20(16)14-9-21-15-5-3-2-4-11(14)15/h2-8,10,14H,9H2,1H3. The first-order valence-corrected chi connectivity index (χ1v) is 7.37. The van der Waals surface area contributed by atoms with Gasteiger partial charge < -0.3 is 9.30 Å². The van der Waals surface area contributed by atoms with Gasteiger partial charge in [0.05, 0.1) is 23.1 Å². The third-order valence-corrected chi connectivity index (χ3v) is 4.06. The van der Waals surface area contributed by atoms with Crippen molar-refractivity contribution in [3.63, 3.8) is 0 Å². The van der Waals surface area contributed by atoms with Gasteiger partial charge in [0.25, 0.3) is 0 Å². The Labute approximate surface area is 127 Å². The zero-order valence-electron chi connectivity index (χ0n) is 11.5. The highest BCUT2D eigenvalue weighted by Gasteiger charge is 2.29. The number of hydrogen-bond donors (Lipinski definition) is 0. The van der Waals surface area contributed by atoms with E-state index in [0.29, 0.717) is 6.61 Å². The lowest BCUT2D eigenvalue weighted by atomic mass is 10.1. The van der Waals surface area contributed by atoms with Crippen LogP contribution in [0.5, 0.6) is 5.75 Å². The summed E-state index contributed by atoms with van der Waals surface area (Å²) in [6, 6.07) is 10.2. The van der Waals surface area contributed by atoms with Gasteiger partial charge in [-0.05, 0) is 19.1 Å². The summed E-state index contributed by atoms with van der Waals surface area (Å²) in [5.74, 6) is 1.79. The van der Waals surface area contributed by atoms with Crippen molar-refractivity contribution in [2.75, 3.05) is 6.61 Å². The van der Waals surface area contributed by atoms with Crippen molar-refractivity contribution in [1.29, 1.82) is 0 Å². The Morgan fingerprint density at radius 2 is 2.19 bits per heavy atom. The molecule has 21 heavy (non-hydrogen) atoms. The minimum absolute atomic E-state index is 0.102. The molecule has 3 heterocycles. The molecule has 0 spiro atoms. The Balaban J connectivity index is 1.96. The van der Waals surface area contributed by atoms with E-state index in [1.165, 1.54) is 5.56 Å². The molecule has 2 aromatic heterocycles. The van der Waals surface area contributed by atoms with E-state index < -0.39 is 0 Å². The number of benzene rings is 1. The first-order valence-electron chi connectivity index (χ1n) is 6.93. The number of para-hydroxylation sites is 1. The van der Waals surface area contributed by atoms with Gasteiger partial charge in [0.2, 0.25) is 0 Å². The summed E-state index contributed by atoms with van der Waals surface area (Å²) in [6.07, 6.45) is 3.56. The molecule has 106 valence electrons. The predicted molar refractivity (Wildman–Crippen MR) is 81.9 cm³/mol. The minimum atomic E-state index is -0.176. The van der Waals surface area contributed by atoms with Crippen molar-refractivity contribution < 1.29 is 4.74 Å². The third-order valence-electron chi connectivity index (χ3n) is 3.86. The van der Waals surface area contributed by atoms with E-state index in [1.54, 1.807) is 12.4 Å². The Hall–Kier alpha value is -2.07. The number of rotatable bonds is 2. The molecule has 4 rings (SSSR count). The second-order valence-electron chi connectivity index (χ2n) is 5.19. The number of fused-ring (bicyclic) bond motifs is 2. The summed E-state index contributed by atoms with van der Waals surface area (Å²) in [7, 11) is 0. The lowest BCUT2D eigenvalue weighted by molar-refractivity contribution is 0.316. The van der Waals surface area contributed by atoms with Crippen LogP contribution < -0.4 is 4.74 Å². The van der Waals surface area contributed by atoms with Gasteiger partial charge in [0.1, 0.15) is 23.7 Å². The van der Waals surface area contributed by atoms with E-state index in [1.807, 2.05) is 31.2 Å². The number of alkyl halides is 1. The minimum Gasteiger partial charge on any atom is -0.491 e. The van der Waals surface area contributed by atoms with Crippen LogP contribution in [0.4, 0.5) is 0 Å². The number of hydrogen-bond acceptors (Lipinski definition) is 3. The first kappa shape index (κ1) is 12.7. The molecular formula is C16H14ClN3O. The number of imidazole rings is 1. The van der Waals surface area contributed by atoms with Crippen molar-refractivity contribution in [3.8, 4) is 5.75 Å². The summed E-state index contributed by atoms with van der Waals surface area (Å²) in [4.78, 5) is 8.79. The number of ether oxygens (including phenoxy) is 1. The predicted octanol–water partition coefficient (Wildman–Crippen LogP) is 3.71. The first-order chi connectivity index (χ1) is 10.3. The lowest BCUT2D eigenvalue weighted by Gasteiger charge is -2.17. The highest BCUT2D eigenvalue weighted by atomic mass is 35.5. The van der Waals surface area contributed by atoms with Crippen LogP contribution in [0.1, 0.15) is 29.7 Å². The van der Waals surface area contributed by atoms with Crippen LogP contribution in [0.25, 0.3) is 11.0 Å². The highest BCUT2D eigenvalue weighted by molar-refractivity contribution is 6.20. The number of nitrogens with zero attached hydrogens (tertiary/aromatic N) is 3. The maximum absolute atomic E-state index is 6.34. The molecule has 0 saturated heterocycles. The second kappa shape index (κ2) is 4.74. The maximum Gasteiger partial charge on any atom is 0.128 e. The molecule has 4 nitrogen and oxygen atoms in total. The van der Waals surface area contributed by atoms with E-state index in [2.05, 4.69) is 20.6 Å². The Bertz CT molecular complexity index is 812. The van der Waals surface area contributed by atoms with Crippen LogP contribution in [-0.2, 0) is 0 Å². The second-order valence-corrected chi connectivity index (χ2v) is 5.84. The molecule has 1 aliphatic rings. The van der Waals surface area contributed by atoms with Crippen molar-refractivity contribution >= 4 is 22.6 Å². The fourth-order valence-electron chi connectivity index (χ4n) is 2.94. The van der Waals surface area contributed by atoms with E-state index in [0.717, 1.165) is 22.6 Å². The van der Waals surface area contributed by atoms with Gasteiger partial charge in [-0.25, -0.2) is 4.98 Å². The van der Waals surface area contributed by atoms with Crippen LogP contribution in [0.2, 0.25) is 0 Å². The van der Waals surface area contributed by atoms with Gasteiger partial charge in [-0.2, -0.15) is 0 Å². The average Bonchev–Trinajstić information content (AvgIpc) is 3.07. The van der Waals surface area contributed by atoms with Gasteiger partial charge in [0.15, 0.2) is 0 Å². The molecule has 5 heteroatoms. The molecule has 0 aliphatic carbocycles. The Morgan fingerprint density at radius 3 is 3.05 bits per heavy atom. The van der Waals surface area contributed by atoms with Crippen LogP contribution in [-0.4, -0.2) is 21.1 Å². The normalized spacial score (nSPS) is 18.5. The SMILES string of the molecule is CC(Cl)c1nc2cnccc2n1C1COc2ccccc21. The van der Waals surface area contributed by atoms with Crippen LogP contribution in [0, 0.1) is 0 Å². The summed E-state index contributed by atoms with van der Waals surface area (Å²) in [6.45, 7) is 2.54. The van der Waals surface area contributed by atoms with Crippen LogP contribution in [0.3, 0.4) is 0 Å². The topological polar surface area (TPSA) is 39.9 Å². The molecule has 0 bridgehead atoms. The Kier molecular flexibility index (Phi) is 2.86. The van der Waals surface area contributed by atoms with Crippen molar-refractivity contribution in [2.24, 2.45) is 0 Å². The molecule has 0 amide bonds. The molecule has 1 aliphatic heterocycles. The Morgan fingerprint density at radius 1 is 1.33 bits per heavy atom. The molecule has 3 aromatic rings. The van der Waals surface area contributed by atoms with Crippen molar-refractivity contribution in [2.45, 2.75) is 18.3 Å². The number of pyridine rings is 1. The maximum atomic E-state index is 6.34. The zero-order valence-corrected chi connectivity index (χ0v) is 12.3. The quantitative estimate of drug-likeness (QED) is 0.677. The molecular weight excluding hydrogens is 286 g/mol. The molecule has 0 fully saturated rings. The highest BCUT2D eigenvalue weighted by Crippen LogP contribution is 2.38. The van der Waals surface area contributed by atoms with Gasteiger partial charge in [-0.3, -0.25) is 4.98 Å². The molecule has 0 N–H and O–H groups in total. The molecule has 1 aromatic carbocycles.